The predicted octanol–water partition coefficient (Wildman–Crippen LogP) is 5.00. The predicted molar refractivity (Wildman–Crippen MR) is 78.3 cm³/mol. The monoisotopic (exact) mass is 286 g/mol. The molecule has 0 aromatic heterocycles. The van der Waals surface area contributed by atoms with Crippen LogP contribution in [0.5, 0.6) is 0 Å². The molecule has 0 amide bonds. The highest BCUT2D eigenvalue weighted by molar-refractivity contribution is 4.83. The van der Waals surface area contributed by atoms with Gasteiger partial charge in [0.25, 0.3) is 0 Å². The van der Waals surface area contributed by atoms with Crippen LogP contribution in [0.15, 0.2) is 12.7 Å². The van der Waals surface area contributed by atoms with Crippen molar-refractivity contribution in [3.05, 3.63) is 12.7 Å². The van der Waals surface area contributed by atoms with E-state index < -0.39 is 18.4 Å². The standard InChI is InChI=1S/C17H28F2O/c1-2-3-5-13-8-10-14(11-9-13)12-20-16-7-4-6-15(18)17(16)19/h2,13-17H,1,3-12H2. The molecule has 2 fully saturated rings. The quantitative estimate of drug-likeness (QED) is 0.624. The van der Waals surface area contributed by atoms with Crippen molar-refractivity contribution in [2.24, 2.45) is 11.8 Å². The van der Waals surface area contributed by atoms with Gasteiger partial charge in [0.1, 0.15) is 6.17 Å². The molecule has 20 heavy (non-hydrogen) atoms. The van der Waals surface area contributed by atoms with Crippen molar-refractivity contribution in [1.29, 1.82) is 0 Å². The van der Waals surface area contributed by atoms with Crippen LogP contribution in [-0.2, 0) is 4.74 Å². The summed E-state index contributed by atoms with van der Waals surface area (Å²) in [5.41, 5.74) is 0. The number of alkyl halides is 2. The molecule has 0 heterocycles. The van der Waals surface area contributed by atoms with Gasteiger partial charge in [0.15, 0.2) is 6.17 Å². The van der Waals surface area contributed by atoms with Gasteiger partial charge >= 0.3 is 0 Å². The Bertz CT molecular complexity index is 287. The van der Waals surface area contributed by atoms with E-state index in [1.54, 1.807) is 0 Å². The molecular weight excluding hydrogens is 258 g/mol. The summed E-state index contributed by atoms with van der Waals surface area (Å²) in [6.07, 6.45) is 7.74. The third kappa shape index (κ3) is 4.54. The van der Waals surface area contributed by atoms with Crippen LogP contribution in [0.4, 0.5) is 8.78 Å². The van der Waals surface area contributed by atoms with Crippen LogP contribution in [0, 0.1) is 11.8 Å². The Balaban J connectivity index is 1.64. The Hall–Kier alpha value is -0.440. The average molecular weight is 286 g/mol. The number of hydrogen-bond acceptors (Lipinski definition) is 1. The number of allylic oxidation sites excluding steroid dienone is 1. The molecule has 3 unspecified atom stereocenters. The lowest BCUT2D eigenvalue weighted by atomic mass is 9.80. The molecule has 0 radical (unpaired) electrons. The van der Waals surface area contributed by atoms with Gasteiger partial charge in [-0.2, -0.15) is 0 Å². The third-order valence-corrected chi connectivity index (χ3v) is 4.96. The van der Waals surface area contributed by atoms with E-state index in [0.717, 1.165) is 18.8 Å². The summed E-state index contributed by atoms with van der Waals surface area (Å²) >= 11 is 0. The summed E-state index contributed by atoms with van der Waals surface area (Å²) < 4.78 is 32.7. The van der Waals surface area contributed by atoms with Crippen LogP contribution >= 0.6 is 0 Å². The first-order valence-electron chi connectivity index (χ1n) is 8.21. The Labute approximate surface area is 121 Å². The topological polar surface area (TPSA) is 9.23 Å². The number of halogens is 2. The minimum Gasteiger partial charge on any atom is -0.375 e. The van der Waals surface area contributed by atoms with Crippen LogP contribution in [0.3, 0.4) is 0 Å². The molecule has 0 N–H and O–H groups in total. The largest absolute Gasteiger partial charge is 0.375 e. The molecule has 2 rings (SSSR count). The number of ether oxygens (including phenoxy) is 1. The molecule has 1 nitrogen and oxygen atoms in total. The smallest absolute Gasteiger partial charge is 0.157 e. The SMILES string of the molecule is C=CCCC1CCC(COC2CCCC(F)C2F)CC1. The minimum absolute atomic E-state index is 0.357. The normalized spacial score (nSPS) is 38.6. The zero-order valence-electron chi connectivity index (χ0n) is 12.4. The van der Waals surface area contributed by atoms with Crippen molar-refractivity contribution in [3.63, 3.8) is 0 Å². The van der Waals surface area contributed by atoms with E-state index in [-0.39, 0.29) is 0 Å². The molecule has 3 heteroatoms. The van der Waals surface area contributed by atoms with Crippen molar-refractivity contribution < 1.29 is 13.5 Å². The molecule has 2 saturated carbocycles. The van der Waals surface area contributed by atoms with Crippen molar-refractivity contribution in [2.75, 3.05) is 6.61 Å². The summed E-state index contributed by atoms with van der Waals surface area (Å²) in [6.45, 7) is 4.39. The van der Waals surface area contributed by atoms with Gasteiger partial charge < -0.3 is 4.74 Å². The highest BCUT2D eigenvalue weighted by Crippen LogP contribution is 2.33. The lowest BCUT2D eigenvalue weighted by molar-refractivity contribution is -0.0695. The summed E-state index contributed by atoms with van der Waals surface area (Å²) in [7, 11) is 0. The van der Waals surface area contributed by atoms with Gasteiger partial charge in [0, 0.05) is 6.61 Å². The van der Waals surface area contributed by atoms with E-state index in [2.05, 4.69) is 6.58 Å². The minimum atomic E-state index is -1.41. The second-order valence-corrected chi connectivity index (χ2v) is 6.52. The van der Waals surface area contributed by atoms with E-state index in [1.165, 1.54) is 32.1 Å². The fourth-order valence-corrected chi connectivity index (χ4v) is 3.54. The summed E-state index contributed by atoms with van der Waals surface area (Å²) in [5, 5.41) is 0. The Morgan fingerprint density at radius 3 is 2.40 bits per heavy atom. The highest BCUT2D eigenvalue weighted by Gasteiger charge is 2.34. The van der Waals surface area contributed by atoms with Gasteiger partial charge in [-0.05, 0) is 56.8 Å². The first-order chi connectivity index (χ1) is 9.70. The van der Waals surface area contributed by atoms with Gasteiger partial charge in [-0.25, -0.2) is 8.78 Å². The first-order valence-corrected chi connectivity index (χ1v) is 8.21. The average Bonchev–Trinajstić information content (AvgIpc) is 2.48. The van der Waals surface area contributed by atoms with E-state index >= 15 is 0 Å². The summed E-state index contributed by atoms with van der Waals surface area (Å²) in [6, 6.07) is 0. The Morgan fingerprint density at radius 2 is 1.70 bits per heavy atom. The molecule has 2 aliphatic carbocycles. The molecule has 2 aliphatic rings. The van der Waals surface area contributed by atoms with Gasteiger partial charge in [0.2, 0.25) is 0 Å². The van der Waals surface area contributed by atoms with E-state index in [4.69, 9.17) is 4.74 Å². The maximum absolute atomic E-state index is 13.7. The van der Waals surface area contributed by atoms with Gasteiger partial charge in [-0.15, -0.1) is 6.58 Å². The molecule has 0 spiro atoms. The highest BCUT2D eigenvalue weighted by atomic mass is 19.2. The fourth-order valence-electron chi connectivity index (χ4n) is 3.54. The molecule has 0 aliphatic heterocycles. The number of rotatable bonds is 6. The van der Waals surface area contributed by atoms with Gasteiger partial charge in [-0.1, -0.05) is 18.9 Å². The third-order valence-electron chi connectivity index (χ3n) is 4.96. The summed E-state index contributed by atoms with van der Waals surface area (Å²) in [5.74, 6) is 1.37. The second-order valence-electron chi connectivity index (χ2n) is 6.52. The van der Waals surface area contributed by atoms with Crippen LogP contribution in [-0.4, -0.2) is 25.1 Å². The molecule has 0 aromatic carbocycles. The number of hydrogen-bond donors (Lipinski definition) is 0. The van der Waals surface area contributed by atoms with E-state index in [9.17, 15) is 8.78 Å². The second kappa shape index (κ2) is 8.11. The maximum atomic E-state index is 13.7. The molecule has 0 bridgehead atoms. The molecule has 116 valence electrons. The fraction of sp³-hybridized carbons (Fsp3) is 0.882. The van der Waals surface area contributed by atoms with Crippen LogP contribution < -0.4 is 0 Å². The molecule has 0 saturated heterocycles. The van der Waals surface area contributed by atoms with E-state index in [0.29, 0.717) is 25.4 Å². The molecule has 0 aromatic rings. The Morgan fingerprint density at radius 1 is 1.00 bits per heavy atom. The van der Waals surface area contributed by atoms with Crippen molar-refractivity contribution in [3.8, 4) is 0 Å². The Kier molecular flexibility index (Phi) is 6.47. The molecule has 3 atom stereocenters. The first kappa shape index (κ1) is 15.9. The lowest BCUT2D eigenvalue weighted by Crippen LogP contribution is -2.38. The van der Waals surface area contributed by atoms with Gasteiger partial charge in [0.05, 0.1) is 6.10 Å². The maximum Gasteiger partial charge on any atom is 0.157 e. The van der Waals surface area contributed by atoms with Crippen molar-refractivity contribution >= 4 is 0 Å². The van der Waals surface area contributed by atoms with Crippen LogP contribution in [0.1, 0.15) is 57.8 Å². The summed E-state index contributed by atoms with van der Waals surface area (Å²) in [4.78, 5) is 0. The van der Waals surface area contributed by atoms with Crippen LogP contribution in [0.25, 0.3) is 0 Å². The zero-order valence-corrected chi connectivity index (χ0v) is 12.4. The molecular formula is C17H28F2O. The van der Waals surface area contributed by atoms with Gasteiger partial charge in [-0.3, -0.25) is 0 Å². The zero-order chi connectivity index (χ0) is 14.4. The lowest BCUT2D eigenvalue weighted by Gasteiger charge is -2.32. The van der Waals surface area contributed by atoms with Crippen LogP contribution in [0.2, 0.25) is 0 Å². The van der Waals surface area contributed by atoms with Crippen molar-refractivity contribution in [2.45, 2.75) is 76.2 Å². The van der Waals surface area contributed by atoms with Crippen molar-refractivity contribution in [1.82, 2.24) is 0 Å². The van der Waals surface area contributed by atoms with E-state index in [1.807, 2.05) is 6.08 Å².